The lowest BCUT2D eigenvalue weighted by Gasteiger charge is -2.00. The van der Waals surface area contributed by atoms with E-state index in [9.17, 15) is 4.57 Å². The predicted octanol–water partition coefficient (Wildman–Crippen LogP) is 2.85. The summed E-state index contributed by atoms with van der Waals surface area (Å²) >= 11 is 0.740. The lowest BCUT2D eigenvalue weighted by atomic mass is 10.3. The molecule has 0 aliphatic rings. The van der Waals surface area contributed by atoms with Gasteiger partial charge in [0.15, 0.2) is 0 Å². The Hall–Kier alpha value is 1.08. The average Bonchev–Trinajstić information content (AvgIpc) is 1.78. The first-order valence-electron chi connectivity index (χ1n) is 3.26. The Morgan fingerprint density at radius 1 is 1.25 bits per heavy atom. The van der Waals surface area contributed by atoms with E-state index in [1.807, 2.05) is 0 Å². The third kappa shape index (κ3) is 17.2. The van der Waals surface area contributed by atoms with Crippen molar-refractivity contribution in [3.63, 3.8) is 0 Å². The highest BCUT2D eigenvalue weighted by molar-refractivity contribution is 8.54. The van der Waals surface area contributed by atoms with Gasteiger partial charge in [-0.2, -0.15) is 0 Å². The van der Waals surface area contributed by atoms with E-state index >= 15 is 0 Å². The van der Waals surface area contributed by atoms with Gasteiger partial charge in [0.25, 0.3) is 0 Å². The number of hydrogen-bond donors (Lipinski definition) is 2. The highest BCUT2D eigenvalue weighted by Gasteiger charge is 2.11. The minimum atomic E-state index is -3.79. The Morgan fingerprint density at radius 2 is 1.75 bits per heavy atom. The van der Waals surface area contributed by atoms with E-state index in [0.717, 1.165) is 30.6 Å². The second-order valence-electron chi connectivity index (χ2n) is 2.03. The summed E-state index contributed by atoms with van der Waals surface area (Å²) in [5.74, 6) is 0.568. The van der Waals surface area contributed by atoms with Crippen LogP contribution in [0, 0.1) is 0 Å². The molecule has 0 radical (unpaired) electrons. The molecule has 0 atom stereocenters. The Labute approximate surface area is 89.4 Å². The molecular formula is C5H15Cl2O3PS. The van der Waals surface area contributed by atoms with Crippen LogP contribution < -0.4 is 0 Å². The van der Waals surface area contributed by atoms with E-state index in [2.05, 4.69) is 6.92 Å². The maximum atomic E-state index is 10.3. The van der Waals surface area contributed by atoms with Crippen molar-refractivity contribution in [2.45, 2.75) is 26.2 Å². The Balaban J connectivity index is -0.000000405. The SMILES string of the molecule is CCCCCSP(=O)(O)O.Cl.Cl. The molecule has 0 fully saturated rings. The Kier molecular flexibility index (Phi) is 15.9. The molecule has 0 spiro atoms. The van der Waals surface area contributed by atoms with Gasteiger partial charge in [0, 0.05) is 5.75 Å². The zero-order valence-electron chi connectivity index (χ0n) is 6.80. The molecule has 0 aromatic carbocycles. The molecular weight excluding hydrogens is 242 g/mol. The Bertz CT molecular complexity index is 130. The van der Waals surface area contributed by atoms with Crippen LogP contribution in [-0.2, 0) is 4.57 Å². The quantitative estimate of drug-likeness (QED) is 0.587. The summed E-state index contributed by atoms with van der Waals surface area (Å²) in [5, 5.41) is 0. The van der Waals surface area contributed by atoms with E-state index in [1.165, 1.54) is 0 Å². The normalized spacial score (nSPS) is 9.92. The molecule has 0 amide bonds. The van der Waals surface area contributed by atoms with Gasteiger partial charge >= 0.3 is 6.80 Å². The van der Waals surface area contributed by atoms with E-state index in [1.54, 1.807) is 0 Å². The molecule has 0 heterocycles. The molecule has 0 saturated carbocycles. The van der Waals surface area contributed by atoms with Gasteiger partial charge in [-0.15, -0.1) is 24.8 Å². The minimum absolute atomic E-state index is 0. The molecule has 3 nitrogen and oxygen atoms in total. The van der Waals surface area contributed by atoms with Gasteiger partial charge in [-0.25, -0.2) is 4.57 Å². The maximum Gasteiger partial charge on any atom is 0.383 e. The van der Waals surface area contributed by atoms with Gasteiger partial charge in [0.1, 0.15) is 0 Å². The largest absolute Gasteiger partial charge is 0.383 e. The molecule has 0 saturated heterocycles. The van der Waals surface area contributed by atoms with E-state index in [0.29, 0.717) is 5.75 Å². The van der Waals surface area contributed by atoms with Crippen LogP contribution in [0.15, 0.2) is 0 Å². The number of unbranched alkanes of at least 4 members (excludes halogenated alkanes) is 2. The second kappa shape index (κ2) is 10.2. The molecule has 0 aromatic heterocycles. The van der Waals surface area contributed by atoms with Crippen LogP contribution in [0.5, 0.6) is 0 Å². The highest BCUT2D eigenvalue weighted by atomic mass is 35.5. The van der Waals surface area contributed by atoms with Gasteiger partial charge in [-0.05, 0) is 17.8 Å². The summed E-state index contributed by atoms with van der Waals surface area (Å²) in [4.78, 5) is 16.8. The monoisotopic (exact) mass is 256 g/mol. The van der Waals surface area contributed by atoms with Crippen molar-refractivity contribution in [2.75, 3.05) is 5.75 Å². The fourth-order valence-electron chi connectivity index (χ4n) is 0.536. The van der Waals surface area contributed by atoms with Crippen molar-refractivity contribution in [1.29, 1.82) is 0 Å². The topological polar surface area (TPSA) is 57.5 Å². The van der Waals surface area contributed by atoms with Crippen LogP contribution in [-0.4, -0.2) is 15.5 Å². The first-order chi connectivity index (χ1) is 4.56. The van der Waals surface area contributed by atoms with Crippen LogP contribution in [0.3, 0.4) is 0 Å². The summed E-state index contributed by atoms with van der Waals surface area (Å²) < 4.78 is 10.3. The maximum absolute atomic E-state index is 10.3. The van der Waals surface area contributed by atoms with Crippen molar-refractivity contribution >= 4 is 43.0 Å². The van der Waals surface area contributed by atoms with Crippen LogP contribution in [0.1, 0.15) is 26.2 Å². The second-order valence-corrected chi connectivity index (χ2v) is 5.88. The molecule has 0 aliphatic carbocycles. The average molecular weight is 257 g/mol. The predicted molar refractivity (Wildman–Crippen MR) is 58.5 cm³/mol. The highest BCUT2D eigenvalue weighted by Crippen LogP contribution is 2.50. The first-order valence-corrected chi connectivity index (χ1v) is 6.46. The Morgan fingerprint density at radius 3 is 2.08 bits per heavy atom. The molecule has 0 unspecified atom stereocenters. The zero-order valence-corrected chi connectivity index (χ0v) is 10.1. The third-order valence-corrected chi connectivity index (χ3v) is 3.37. The van der Waals surface area contributed by atoms with Gasteiger partial charge in [0.05, 0.1) is 0 Å². The summed E-state index contributed by atoms with van der Waals surface area (Å²) in [5.41, 5.74) is 0. The number of rotatable bonds is 5. The molecule has 12 heavy (non-hydrogen) atoms. The lowest BCUT2D eigenvalue weighted by molar-refractivity contribution is 0.397. The molecule has 2 N–H and O–H groups in total. The summed E-state index contributed by atoms with van der Waals surface area (Å²) in [7, 11) is 0. The van der Waals surface area contributed by atoms with Crippen molar-refractivity contribution < 1.29 is 14.4 Å². The molecule has 0 aromatic rings. The summed E-state index contributed by atoms with van der Waals surface area (Å²) in [6.45, 7) is -1.73. The van der Waals surface area contributed by atoms with Crippen molar-refractivity contribution in [1.82, 2.24) is 0 Å². The third-order valence-electron chi connectivity index (χ3n) is 1.01. The van der Waals surface area contributed by atoms with Crippen molar-refractivity contribution in [3.8, 4) is 0 Å². The van der Waals surface area contributed by atoms with Crippen molar-refractivity contribution in [2.24, 2.45) is 0 Å². The van der Waals surface area contributed by atoms with Crippen LogP contribution in [0.2, 0.25) is 0 Å². The fourth-order valence-corrected chi connectivity index (χ4v) is 2.21. The van der Waals surface area contributed by atoms with Crippen molar-refractivity contribution in [3.05, 3.63) is 0 Å². The van der Waals surface area contributed by atoms with E-state index in [4.69, 9.17) is 9.79 Å². The summed E-state index contributed by atoms with van der Waals surface area (Å²) in [6, 6.07) is 0. The van der Waals surface area contributed by atoms with Gasteiger partial charge in [0.2, 0.25) is 0 Å². The molecule has 78 valence electrons. The molecule has 0 rings (SSSR count). The van der Waals surface area contributed by atoms with Crippen LogP contribution in [0.4, 0.5) is 0 Å². The molecule has 0 aliphatic heterocycles. The molecule has 7 heteroatoms. The number of hydrogen-bond acceptors (Lipinski definition) is 2. The van der Waals surface area contributed by atoms with Gasteiger partial charge < -0.3 is 9.79 Å². The first kappa shape index (κ1) is 18.8. The molecule has 0 bridgehead atoms. The smallest absolute Gasteiger partial charge is 0.317 e. The standard InChI is InChI=1S/C5H13O3PS.2ClH/c1-2-3-4-5-10-9(6,7)8;;/h2-5H2,1H3,(H2,6,7,8);2*1H. The lowest BCUT2D eigenvalue weighted by Crippen LogP contribution is -1.79. The van der Waals surface area contributed by atoms with Gasteiger partial charge in [-0.3, -0.25) is 0 Å². The van der Waals surface area contributed by atoms with E-state index in [-0.39, 0.29) is 24.8 Å². The van der Waals surface area contributed by atoms with Crippen LogP contribution in [0.25, 0.3) is 0 Å². The fraction of sp³-hybridized carbons (Fsp3) is 1.00. The number of halogens is 2. The van der Waals surface area contributed by atoms with E-state index < -0.39 is 6.80 Å². The minimum Gasteiger partial charge on any atom is -0.317 e. The van der Waals surface area contributed by atoms with Crippen LogP contribution >= 0.6 is 43.0 Å². The summed E-state index contributed by atoms with van der Waals surface area (Å²) in [6.07, 6.45) is 3.03. The van der Waals surface area contributed by atoms with Gasteiger partial charge in [-0.1, -0.05) is 19.8 Å². The zero-order chi connectivity index (χ0) is 8.04.